The van der Waals surface area contributed by atoms with Crippen LogP contribution in [0.5, 0.6) is 11.5 Å². The summed E-state index contributed by atoms with van der Waals surface area (Å²) in [6.45, 7) is 0. The zero-order valence-electron chi connectivity index (χ0n) is 18.9. The lowest BCUT2D eigenvalue weighted by atomic mass is 10.0. The topological polar surface area (TPSA) is 84.3 Å². The van der Waals surface area contributed by atoms with Crippen molar-refractivity contribution in [1.82, 2.24) is 9.55 Å². The highest BCUT2D eigenvalue weighted by Crippen LogP contribution is 2.27. The summed E-state index contributed by atoms with van der Waals surface area (Å²) in [7, 11) is 1.47. The molecule has 0 aliphatic heterocycles. The molecule has 0 saturated carbocycles. The van der Waals surface area contributed by atoms with Gasteiger partial charge >= 0.3 is 5.69 Å². The number of benzene rings is 4. The van der Waals surface area contributed by atoms with Crippen LogP contribution in [-0.2, 0) is 0 Å². The lowest BCUT2D eigenvalue weighted by molar-refractivity contribution is 0.104. The number of phenols is 1. The number of carbonyl (C=O) groups excluding carboxylic acids is 1. The SMILES string of the molecule is COc1cc(C=CC(=O)c2cccc(-n3c(-c4ccc5ccccc5c4)c[nH]c3=O)c2)ccc1O. The second-order valence-corrected chi connectivity index (χ2v) is 8.06. The number of phenolic OH excluding ortho intramolecular Hbond substituents is 1. The number of carbonyl (C=O) groups is 1. The van der Waals surface area contributed by atoms with E-state index >= 15 is 0 Å². The minimum Gasteiger partial charge on any atom is -0.504 e. The van der Waals surface area contributed by atoms with Crippen LogP contribution in [0.25, 0.3) is 33.8 Å². The largest absolute Gasteiger partial charge is 0.504 e. The molecule has 0 saturated heterocycles. The Labute approximate surface area is 201 Å². The summed E-state index contributed by atoms with van der Waals surface area (Å²) in [6.07, 6.45) is 4.79. The molecule has 0 bridgehead atoms. The van der Waals surface area contributed by atoms with E-state index in [9.17, 15) is 14.7 Å². The van der Waals surface area contributed by atoms with Crippen molar-refractivity contribution in [2.45, 2.75) is 0 Å². The van der Waals surface area contributed by atoms with Gasteiger partial charge in [-0.25, -0.2) is 4.79 Å². The zero-order valence-corrected chi connectivity index (χ0v) is 18.9. The van der Waals surface area contributed by atoms with Gasteiger partial charge in [0.1, 0.15) is 0 Å². The van der Waals surface area contributed by atoms with E-state index in [4.69, 9.17) is 4.74 Å². The van der Waals surface area contributed by atoms with Crippen molar-refractivity contribution in [3.8, 4) is 28.4 Å². The molecule has 6 nitrogen and oxygen atoms in total. The van der Waals surface area contributed by atoms with Crippen molar-refractivity contribution in [2.75, 3.05) is 7.11 Å². The maximum Gasteiger partial charge on any atom is 0.330 e. The molecule has 172 valence electrons. The number of H-pyrrole nitrogens is 1. The average Bonchev–Trinajstić information content (AvgIpc) is 3.29. The van der Waals surface area contributed by atoms with Crippen LogP contribution in [0.2, 0.25) is 0 Å². The van der Waals surface area contributed by atoms with Gasteiger partial charge in [0, 0.05) is 17.3 Å². The molecular weight excluding hydrogens is 440 g/mol. The third kappa shape index (κ3) is 4.37. The molecule has 35 heavy (non-hydrogen) atoms. The molecule has 0 aliphatic carbocycles. The highest BCUT2D eigenvalue weighted by atomic mass is 16.5. The number of nitrogens with zero attached hydrogens (tertiary/aromatic N) is 1. The first-order chi connectivity index (χ1) is 17.0. The predicted molar refractivity (Wildman–Crippen MR) is 137 cm³/mol. The Kier molecular flexibility index (Phi) is 5.77. The molecular formula is C29H22N2O4. The Bertz CT molecular complexity index is 1640. The van der Waals surface area contributed by atoms with Gasteiger partial charge in [0.2, 0.25) is 0 Å². The number of fused-ring (bicyclic) bond motifs is 1. The number of imidazole rings is 1. The molecule has 6 heteroatoms. The third-order valence-electron chi connectivity index (χ3n) is 5.84. The van der Waals surface area contributed by atoms with Gasteiger partial charge in [-0.2, -0.15) is 0 Å². The fourth-order valence-electron chi connectivity index (χ4n) is 4.05. The first-order valence-electron chi connectivity index (χ1n) is 11.0. The van der Waals surface area contributed by atoms with E-state index in [2.05, 4.69) is 4.98 Å². The van der Waals surface area contributed by atoms with Crippen LogP contribution in [0, 0.1) is 0 Å². The second-order valence-electron chi connectivity index (χ2n) is 8.06. The summed E-state index contributed by atoms with van der Waals surface area (Å²) >= 11 is 0. The van der Waals surface area contributed by atoms with Gasteiger partial charge in [0.05, 0.1) is 18.5 Å². The second kappa shape index (κ2) is 9.19. The van der Waals surface area contributed by atoms with Crippen molar-refractivity contribution < 1.29 is 14.6 Å². The average molecular weight is 463 g/mol. The molecule has 0 fully saturated rings. The summed E-state index contributed by atoms with van der Waals surface area (Å²) in [5, 5.41) is 11.9. The summed E-state index contributed by atoms with van der Waals surface area (Å²) in [5.41, 5.74) is 3.05. The van der Waals surface area contributed by atoms with Crippen molar-refractivity contribution in [3.05, 3.63) is 119 Å². The van der Waals surface area contributed by atoms with Gasteiger partial charge in [0.15, 0.2) is 17.3 Å². The number of hydrogen-bond donors (Lipinski definition) is 2. The maximum atomic E-state index is 12.9. The smallest absolute Gasteiger partial charge is 0.330 e. The summed E-state index contributed by atoms with van der Waals surface area (Å²) < 4.78 is 6.68. The third-order valence-corrected chi connectivity index (χ3v) is 5.84. The van der Waals surface area contributed by atoms with Gasteiger partial charge in [-0.05, 0) is 52.7 Å². The number of aromatic amines is 1. The van der Waals surface area contributed by atoms with E-state index in [1.54, 1.807) is 53.2 Å². The van der Waals surface area contributed by atoms with Crippen molar-refractivity contribution in [2.24, 2.45) is 0 Å². The Morgan fingerprint density at radius 3 is 2.60 bits per heavy atom. The van der Waals surface area contributed by atoms with E-state index in [1.165, 1.54) is 19.3 Å². The van der Waals surface area contributed by atoms with E-state index in [1.807, 2.05) is 42.5 Å². The first-order valence-corrected chi connectivity index (χ1v) is 11.0. The minimum absolute atomic E-state index is 0.0304. The lowest BCUT2D eigenvalue weighted by Gasteiger charge is -2.10. The summed E-state index contributed by atoms with van der Waals surface area (Å²) in [6, 6.07) is 25.9. The number of methoxy groups -OCH3 is 1. The van der Waals surface area contributed by atoms with Crippen LogP contribution in [0.3, 0.4) is 0 Å². The van der Waals surface area contributed by atoms with Gasteiger partial charge in [0.25, 0.3) is 0 Å². The van der Waals surface area contributed by atoms with Crippen LogP contribution in [0.15, 0.2) is 102 Å². The summed E-state index contributed by atoms with van der Waals surface area (Å²) in [4.78, 5) is 28.4. The normalized spacial score (nSPS) is 11.2. The van der Waals surface area contributed by atoms with Gasteiger partial charge in [-0.3, -0.25) is 9.36 Å². The fourth-order valence-corrected chi connectivity index (χ4v) is 4.05. The van der Waals surface area contributed by atoms with E-state index < -0.39 is 0 Å². The molecule has 0 amide bonds. The fraction of sp³-hybridized carbons (Fsp3) is 0.0345. The lowest BCUT2D eigenvalue weighted by Crippen LogP contribution is -2.16. The molecule has 4 aromatic carbocycles. The van der Waals surface area contributed by atoms with Gasteiger partial charge in [-0.15, -0.1) is 0 Å². The summed E-state index contributed by atoms with van der Waals surface area (Å²) in [5.74, 6) is 0.146. The molecule has 2 N–H and O–H groups in total. The number of nitrogens with one attached hydrogen (secondary N) is 1. The van der Waals surface area contributed by atoms with Crippen molar-refractivity contribution >= 4 is 22.6 Å². The number of ketones is 1. The van der Waals surface area contributed by atoms with Crippen molar-refractivity contribution in [3.63, 3.8) is 0 Å². The number of aromatic hydroxyl groups is 1. The first kappa shape index (κ1) is 22.0. The molecule has 0 unspecified atom stereocenters. The molecule has 0 radical (unpaired) electrons. The highest BCUT2D eigenvalue weighted by Gasteiger charge is 2.13. The maximum absolute atomic E-state index is 12.9. The van der Waals surface area contributed by atoms with E-state index in [0.29, 0.717) is 28.3 Å². The predicted octanol–water partition coefficient (Wildman–Crippen LogP) is 5.60. The molecule has 0 spiro atoms. The van der Waals surface area contributed by atoms with Crippen LogP contribution in [0.4, 0.5) is 0 Å². The molecule has 1 heterocycles. The molecule has 0 aliphatic rings. The number of rotatable bonds is 6. The number of ether oxygens (including phenoxy) is 1. The molecule has 5 aromatic rings. The highest BCUT2D eigenvalue weighted by molar-refractivity contribution is 6.07. The monoisotopic (exact) mass is 462 g/mol. The number of hydrogen-bond acceptors (Lipinski definition) is 4. The molecule has 0 atom stereocenters. The Balaban J connectivity index is 1.48. The number of aromatic nitrogens is 2. The molecule has 5 rings (SSSR count). The molecule has 1 aromatic heterocycles. The van der Waals surface area contributed by atoms with Crippen LogP contribution in [-0.4, -0.2) is 27.6 Å². The number of allylic oxidation sites excluding steroid dienone is 1. The van der Waals surface area contributed by atoms with Crippen LogP contribution in [0.1, 0.15) is 15.9 Å². The Morgan fingerprint density at radius 1 is 0.943 bits per heavy atom. The van der Waals surface area contributed by atoms with E-state index in [-0.39, 0.29) is 17.2 Å². The Morgan fingerprint density at radius 2 is 1.77 bits per heavy atom. The minimum atomic E-state index is -0.288. The standard InChI is InChI=1S/C29H22N2O4/c1-35-28-15-19(10-14-27(28)33)9-13-26(32)23-7-4-8-24(17-23)31-25(18-30-29(31)34)22-12-11-20-5-2-3-6-21(20)16-22/h2-18,33H,1H3,(H,30,34). The van der Waals surface area contributed by atoms with Crippen LogP contribution < -0.4 is 10.4 Å². The van der Waals surface area contributed by atoms with Gasteiger partial charge in [-0.1, -0.05) is 60.7 Å². The Hall–Kier alpha value is -4.84. The quantitative estimate of drug-likeness (QED) is 0.254. The zero-order chi connectivity index (χ0) is 24.4. The van der Waals surface area contributed by atoms with Gasteiger partial charge < -0.3 is 14.8 Å². The van der Waals surface area contributed by atoms with E-state index in [0.717, 1.165) is 16.3 Å². The van der Waals surface area contributed by atoms with Crippen molar-refractivity contribution in [1.29, 1.82) is 0 Å². The van der Waals surface area contributed by atoms with Crippen LogP contribution >= 0.6 is 0 Å².